The van der Waals surface area contributed by atoms with Crippen molar-refractivity contribution >= 4 is 12.0 Å². The van der Waals surface area contributed by atoms with Crippen molar-refractivity contribution in [1.82, 2.24) is 0 Å². The minimum absolute atomic E-state index is 0. The molecule has 0 bridgehead atoms. The maximum absolute atomic E-state index is 2.53. The Kier molecular flexibility index (Phi) is 10.7. The van der Waals surface area contributed by atoms with Gasteiger partial charge in [0, 0.05) is 0 Å². The van der Waals surface area contributed by atoms with E-state index in [0.717, 1.165) is 9.54 Å². The number of halogens is 2. The molecule has 0 aromatic heterocycles. The van der Waals surface area contributed by atoms with Crippen LogP contribution in [0.15, 0.2) is 29.8 Å². The van der Waals surface area contributed by atoms with E-state index in [2.05, 4.69) is 58.0 Å². The second-order valence-corrected chi connectivity index (χ2v) is 19.3. The van der Waals surface area contributed by atoms with Crippen molar-refractivity contribution in [3.8, 4) is 0 Å². The van der Waals surface area contributed by atoms with Crippen LogP contribution >= 0.6 is 0 Å². The molecule has 0 N–H and O–H groups in total. The predicted octanol–water partition coefficient (Wildman–Crippen LogP) is -0.975. The molecule has 116 valence electrons. The summed E-state index contributed by atoms with van der Waals surface area (Å²) in [5.41, 5.74) is 5.00. The SMILES string of the molecule is CC[SiH](CC)[Zr+2][CH]1C(CC(C)C)=Cc2ccccc21.[Cl-].[Cl-]. The summed E-state index contributed by atoms with van der Waals surface area (Å²) >= 11 is -0.241. The number of allylic oxidation sites excluding steroid dienone is 1. The number of hydrogen-bond donors (Lipinski definition) is 0. The van der Waals surface area contributed by atoms with Gasteiger partial charge in [-0.15, -0.1) is 0 Å². The Labute approximate surface area is 155 Å². The molecule has 0 nitrogen and oxygen atoms in total. The van der Waals surface area contributed by atoms with E-state index < -0.39 is 0 Å². The second-order valence-electron chi connectivity index (χ2n) is 6.06. The first-order valence-corrected chi connectivity index (χ1v) is 15.6. The zero-order valence-corrected chi connectivity index (χ0v) is 18.6. The molecule has 21 heavy (non-hydrogen) atoms. The Morgan fingerprint density at radius 1 is 1.10 bits per heavy atom. The molecule has 0 heterocycles. The van der Waals surface area contributed by atoms with Gasteiger partial charge in [0.15, 0.2) is 0 Å². The maximum Gasteiger partial charge on any atom is -1.00 e. The monoisotopic (exact) mass is 418 g/mol. The molecule has 1 atom stereocenters. The fourth-order valence-electron chi connectivity index (χ4n) is 2.99. The Balaban J connectivity index is 0.00000200. The molecule has 0 spiro atoms. The van der Waals surface area contributed by atoms with Gasteiger partial charge in [-0.3, -0.25) is 0 Å². The minimum atomic E-state index is -0.359. The number of fused-ring (bicyclic) bond motifs is 1. The molecule has 1 aliphatic carbocycles. The molecule has 2 rings (SSSR count). The van der Waals surface area contributed by atoms with E-state index >= 15 is 0 Å². The van der Waals surface area contributed by atoms with E-state index in [9.17, 15) is 0 Å². The van der Waals surface area contributed by atoms with Gasteiger partial charge in [-0.2, -0.15) is 0 Å². The van der Waals surface area contributed by atoms with Crippen LogP contribution in [-0.2, 0) is 22.4 Å². The summed E-state index contributed by atoms with van der Waals surface area (Å²) in [7, 11) is 0. The van der Waals surface area contributed by atoms with Crippen molar-refractivity contribution in [2.75, 3.05) is 0 Å². The first kappa shape index (κ1) is 21.6. The van der Waals surface area contributed by atoms with Gasteiger partial charge < -0.3 is 24.8 Å². The average molecular weight is 421 g/mol. The third kappa shape index (κ3) is 5.65. The van der Waals surface area contributed by atoms with Gasteiger partial charge in [0.05, 0.1) is 0 Å². The first-order valence-electron chi connectivity index (χ1n) is 7.71. The van der Waals surface area contributed by atoms with Crippen LogP contribution in [0.25, 0.3) is 6.08 Å². The summed E-state index contributed by atoms with van der Waals surface area (Å²) in [4.78, 5) is 0. The Bertz CT molecular complexity index is 456. The zero-order chi connectivity index (χ0) is 13.8. The van der Waals surface area contributed by atoms with Crippen LogP contribution in [0, 0.1) is 5.92 Å². The molecule has 1 aromatic rings. The van der Waals surface area contributed by atoms with Crippen LogP contribution in [-0.4, -0.2) is 5.92 Å². The van der Waals surface area contributed by atoms with Gasteiger partial charge in [-0.1, -0.05) is 0 Å². The molecule has 0 saturated carbocycles. The summed E-state index contributed by atoms with van der Waals surface area (Å²) in [6.45, 7) is 9.60. The fourth-order valence-corrected chi connectivity index (χ4v) is 15.9. The fraction of sp³-hybridized carbons (Fsp3) is 0.529. The Morgan fingerprint density at radius 3 is 2.29 bits per heavy atom. The Morgan fingerprint density at radius 2 is 1.71 bits per heavy atom. The molecule has 1 aliphatic rings. The van der Waals surface area contributed by atoms with E-state index in [1.54, 1.807) is 11.1 Å². The maximum atomic E-state index is 2.53. The van der Waals surface area contributed by atoms with E-state index in [-0.39, 0.29) is 53.1 Å². The van der Waals surface area contributed by atoms with Gasteiger partial charge in [-0.25, -0.2) is 0 Å². The third-order valence-electron chi connectivity index (χ3n) is 4.05. The van der Waals surface area contributed by atoms with Gasteiger partial charge in [0.25, 0.3) is 0 Å². The second kappa shape index (κ2) is 10.4. The number of rotatable bonds is 6. The topological polar surface area (TPSA) is 0 Å². The van der Waals surface area contributed by atoms with Crippen LogP contribution in [0.5, 0.6) is 0 Å². The van der Waals surface area contributed by atoms with Crippen molar-refractivity contribution < 1.29 is 47.2 Å². The van der Waals surface area contributed by atoms with Crippen LogP contribution < -0.4 is 24.8 Å². The predicted molar refractivity (Wildman–Crippen MR) is 84.7 cm³/mol. The average Bonchev–Trinajstić information content (AvgIpc) is 2.72. The molecule has 4 heteroatoms. The molecule has 1 aromatic carbocycles. The normalized spacial score (nSPS) is 15.9. The van der Waals surface area contributed by atoms with Crippen molar-refractivity contribution in [2.45, 2.75) is 49.8 Å². The standard InChI is InChI=1S/C13H15.C4H11Si.2ClH.Zr/c1-10(2)7-11-8-12-5-3-4-6-13(12)9-11;1-3-5-4-2;;;/h3-6,8-10H,7H2,1-2H3;5H,3-4H2,1-2H3;2*1H;/q;;;;+2/p-2. The van der Waals surface area contributed by atoms with E-state index in [0.29, 0.717) is 0 Å². The Hall–Kier alpha value is 0.640. The van der Waals surface area contributed by atoms with E-state index in [1.165, 1.54) is 24.1 Å². The molecule has 0 saturated heterocycles. The summed E-state index contributed by atoms with van der Waals surface area (Å²) in [5.74, 6) is 0.438. The van der Waals surface area contributed by atoms with E-state index in [1.807, 2.05) is 0 Å². The molecular formula is C17H26Cl2SiZr. The van der Waals surface area contributed by atoms with E-state index in [4.69, 9.17) is 0 Å². The minimum Gasteiger partial charge on any atom is -1.00 e. The largest absolute Gasteiger partial charge is 1.00 e. The zero-order valence-electron chi connectivity index (χ0n) is 13.5. The van der Waals surface area contributed by atoms with Crippen LogP contribution in [0.4, 0.5) is 0 Å². The van der Waals surface area contributed by atoms with Crippen LogP contribution in [0.1, 0.15) is 48.9 Å². The number of hydrogen-bond acceptors (Lipinski definition) is 0. The van der Waals surface area contributed by atoms with Crippen LogP contribution in [0.3, 0.4) is 0 Å². The van der Waals surface area contributed by atoms with Gasteiger partial charge in [0.2, 0.25) is 0 Å². The van der Waals surface area contributed by atoms with Crippen molar-refractivity contribution in [1.29, 1.82) is 0 Å². The molecular weight excluding hydrogens is 394 g/mol. The molecule has 0 amide bonds. The van der Waals surface area contributed by atoms with Crippen molar-refractivity contribution in [3.63, 3.8) is 0 Å². The van der Waals surface area contributed by atoms with Crippen molar-refractivity contribution in [2.24, 2.45) is 5.92 Å². The quantitative estimate of drug-likeness (QED) is 0.520. The molecule has 1 unspecified atom stereocenters. The van der Waals surface area contributed by atoms with Crippen molar-refractivity contribution in [3.05, 3.63) is 41.0 Å². The summed E-state index contributed by atoms with van der Waals surface area (Å²) in [6.07, 6.45) is 3.84. The third-order valence-corrected chi connectivity index (χ3v) is 20.5. The van der Waals surface area contributed by atoms with Gasteiger partial charge in [0.1, 0.15) is 0 Å². The number of benzene rings is 1. The summed E-state index contributed by atoms with van der Waals surface area (Å²) < 4.78 is 0.916. The van der Waals surface area contributed by atoms with Gasteiger partial charge in [-0.05, 0) is 0 Å². The molecule has 0 radical (unpaired) electrons. The smallest absolute Gasteiger partial charge is 1.00 e. The molecule has 0 fully saturated rings. The van der Waals surface area contributed by atoms with Gasteiger partial charge >= 0.3 is 131 Å². The molecule has 0 aliphatic heterocycles. The summed E-state index contributed by atoms with van der Waals surface area (Å²) in [6, 6.07) is 12.2. The first-order chi connectivity index (χ1) is 9.15. The summed E-state index contributed by atoms with van der Waals surface area (Å²) in [5, 5.41) is 0. The van der Waals surface area contributed by atoms with Crippen LogP contribution in [0.2, 0.25) is 12.1 Å².